The Labute approximate surface area is 179 Å². The normalized spacial score (nSPS) is 39.6. The summed E-state index contributed by atoms with van der Waals surface area (Å²) in [6, 6.07) is 0. The van der Waals surface area contributed by atoms with Crippen LogP contribution in [0.2, 0.25) is 0 Å². The van der Waals surface area contributed by atoms with Gasteiger partial charge in [-0.05, 0) is 46.0 Å². The predicted molar refractivity (Wildman–Crippen MR) is 111 cm³/mol. The minimum atomic E-state index is -1.14. The molecule has 2 heterocycles. The molecule has 8 atom stereocenters. The van der Waals surface area contributed by atoms with Gasteiger partial charge in [-0.3, -0.25) is 9.59 Å². The molecule has 0 spiro atoms. The molecule has 2 saturated heterocycles. The van der Waals surface area contributed by atoms with Gasteiger partial charge < -0.3 is 19.3 Å². The fraction of sp³-hybridized carbons (Fsp3) is 0.870. The molecule has 0 radical (unpaired) electrons. The van der Waals surface area contributed by atoms with Crippen molar-refractivity contribution in [2.45, 2.75) is 97.6 Å². The van der Waals surface area contributed by atoms with E-state index in [1.54, 1.807) is 13.8 Å². The summed E-state index contributed by atoms with van der Waals surface area (Å²) in [4.78, 5) is 37.9. The Hall–Kier alpha value is -1.47. The van der Waals surface area contributed by atoms with Crippen LogP contribution in [-0.2, 0) is 28.6 Å². The molecule has 0 aromatic carbocycles. The second kappa shape index (κ2) is 9.35. The molecule has 7 heteroatoms. The second-order valence-electron chi connectivity index (χ2n) is 9.85. The lowest BCUT2D eigenvalue weighted by molar-refractivity contribution is -0.203. The molecule has 0 saturated carbocycles. The van der Waals surface area contributed by atoms with Gasteiger partial charge >= 0.3 is 11.9 Å². The number of esters is 2. The van der Waals surface area contributed by atoms with E-state index in [1.165, 1.54) is 0 Å². The van der Waals surface area contributed by atoms with Crippen molar-refractivity contribution in [3.8, 4) is 0 Å². The largest absolute Gasteiger partial charge is 0.457 e. The van der Waals surface area contributed by atoms with Gasteiger partial charge in [-0.15, -0.1) is 0 Å². The van der Waals surface area contributed by atoms with Crippen LogP contribution >= 0.6 is 0 Å². The quantitative estimate of drug-likeness (QED) is 0.533. The maximum absolute atomic E-state index is 13.0. The van der Waals surface area contributed by atoms with Crippen LogP contribution in [-0.4, -0.2) is 52.8 Å². The van der Waals surface area contributed by atoms with E-state index in [1.807, 2.05) is 27.7 Å². The number of ketones is 1. The molecule has 0 amide bonds. The summed E-state index contributed by atoms with van der Waals surface area (Å²) in [7, 11) is 0. The van der Waals surface area contributed by atoms with Crippen LogP contribution in [0.3, 0.4) is 0 Å². The zero-order valence-corrected chi connectivity index (χ0v) is 19.4. The molecule has 7 nitrogen and oxygen atoms in total. The molecule has 2 aliphatic rings. The Bertz CT molecular complexity index is 662. The molecule has 172 valence electrons. The number of Topliss-reactive ketones (excluding diaryl/α,β-unsaturated/α-hetero) is 1. The van der Waals surface area contributed by atoms with E-state index in [-0.39, 0.29) is 29.6 Å². The van der Waals surface area contributed by atoms with Gasteiger partial charge in [0.15, 0.2) is 0 Å². The van der Waals surface area contributed by atoms with E-state index < -0.39 is 41.8 Å². The molecule has 30 heavy (non-hydrogen) atoms. The fourth-order valence-electron chi connectivity index (χ4n) is 5.57. The lowest BCUT2D eigenvalue weighted by atomic mass is 9.78. The number of carbonyl (C=O) groups excluding carboxylic acids is 3. The fourth-order valence-corrected chi connectivity index (χ4v) is 5.57. The second-order valence-corrected chi connectivity index (χ2v) is 9.85. The smallest absolute Gasteiger partial charge is 0.332 e. The SMILES string of the molecule is CCC[C@@](C)(OC(=O)CO)[C@@H]1OC(=O)[C@H](C)C(=O)[C@H](C)C[C@@]2(C)CC(C)C(O2)[C@@H]1C. The minimum Gasteiger partial charge on any atom is -0.457 e. The number of carbonyl (C=O) groups is 3. The molecule has 0 aliphatic carbocycles. The van der Waals surface area contributed by atoms with E-state index in [4.69, 9.17) is 14.2 Å². The van der Waals surface area contributed by atoms with Crippen molar-refractivity contribution in [3.63, 3.8) is 0 Å². The highest BCUT2D eigenvalue weighted by Gasteiger charge is 2.53. The van der Waals surface area contributed by atoms with Gasteiger partial charge in [0, 0.05) is 11.8 Å². The van der Waals surface area contributed by atoms with E-state index in [9.17, 15) is 19.5 Å². The Morgan fingerprint density at radius 3 is 2.43 bits per heavy atom. The van der Waals surface area contributed by atoms with Crippen molar-refractivity contribution in [1.29, 1.82) is 0 Å². The lowest BCUT2D eigenvalue weighted by Gasteiger charge is -2.42. The number of fused-ring (bicyclic) bond motifs is 2. The Morgan fingerprint density at radius 1 is 1.23 bits per heavy atom. The van der Waals surface area contributed by atoms with Crippen LogP contribution in [0.25, 0.3) is 0 Å². The number of cyclic esters (lactones) is 1. The third-order valence-electron chi connectivity index (χ3n) is 6.80. The molecule has 2 bridgehead atoms. The number of aliphatic hydroxyl groups is 1. The lowest BCUT2D eigenvalue weighted by Crippen LogP contribution is -2.53. The van der Waals surface area contributed by atoms with Gasteiger partial charge in [0.25, 0.3) is 0 Å². The Balaban J connectivity index is 2.52. The summed E-state index contributed by atoms with van der Waals surface area (Å²) in [5, 5.41) is 9.24. The van der Waals surface area contributed by atoms with Crippen molar-refractivity contribution in [2.75, 3.05) is 6.61 Å². The first-order chi connectivity index (χ1) is 13.9. The highest BCUT2D eigenvalue weighted by Crippen LogP contribution is 2.45. The van der Waals surface area contributed by atoms with Gasteiger partial charge in [-0.25, -0.2) is 4.79 Å². The molecule has 2 unspecified atom stereocenters. The molecular formula is C23H38O7. The van der Waals surface area contributed by atoms with Crippen LogP contribution in [0.5, 0.6) is 0 Å². The summed E-state index contributed by atoms with van der Waals surface area (Å²) in [6.45, 7) is 12.4. The van der Waals surface area contributed by atoms with E-state index in [0.717, 1.165) is 6.42 Å². The standard InChI is InChI=1S/C23H38O7/c1-8-9-23(7,29-17(25)12-24)20-16(5)19-14(3)11-22(6,30-19)10-13(2)18(26)15(4)21(27)28-20/h13-16,19-20,24H,8-12H2,1-7H3/t13-,14?,15-,16+,19?,20-,22+,23-/m1/s1. The summed E-state index contributed by atoms with van der Waals surface area (Å²) >= 11 is 0. The number of ether oxygens (including phenoxy) is 3. The highest BCUT2D eigenvalue weighted by molar-refractivity contribution is 5.99. The zero-order valence-electron chi connectivity index (χ0n) is 19.4. The molecule has 2 rings (SSSR count). The third kappa shape index (κ3) is 5.05. The maximum Gasteiger partial charge on any atom is 0.332 e. The Kier molecular flexibility index (Phi) is 7.73. The van der Waals surface area contributed by atoms with Crippen LogP contribution < -0.4 is 0 Å². The number of aliphatic hydroxyl groups excluding tert-OH is 1. The highest BCUT2D eigenvalue weighted by atomic mass is 16.6. The predicted octanol–water partition coefficient (Wildman–Crippen LogP) is 3.06. The van der Waals surface area contributed by atoms with Crippen molar-refractivity contribution in [2.24, 2.45) is 23.7 Å². The van der Waals surface area contributed by atoms with Gasteiger partial charge in [-0.1, -0.05) is 34.1 Å². The van der Waals surface area contributed by atoms with Gasteiger partial charge in [0.2, 0.25) is 0 Å². The van der Waals surface area contributed by atoms with Crippen molar-refractivity contribution < 1.29 is 33.7 Å². The number of rotatable bonds is 5. The Morgan fingerprint density at radius 2 is 1.87 bits per heavy atom. The average molecular weight is 427 g/mol. The van der Waals surface area contributed by atoms with Crippen LogP contribution in [0.1, 0.15) is 74.1 Å². The first-order valence-electron chi connectivity index (χ1n) is 11.1. The van der Waals surface area contributed by atoms with Crippen molar-refractivity contribution in [3.05, 3.63) is 0 Å². The summed E-state index contributed by atoms with van der Waals surface area (Å²) in [6.07, 6.45) is 1.45. The molecule has 0 aromatic heterocycles. The summed E-state index contributed by atoms with van der Waals surface area (Å²) in [5.41, 5.74) is -1.61. The summed E-state index contributed by atoms with van der Waals surface area (Å²) in [5.74, 6) is -2.88. The number of hydrogen-bond acceptors (Lipinski definition) is 7. The van der Waals surface area contributed by atoms with Crippen molar-refractivity contribution >= 4 is 17.7 Å². The molecule has 0 aromatic rings. The molecular weight excluding hydrogens is 388 g/mol. The summed E-state index contributed by atoms with van der Waals surface area (Å²) < 4.78 is 18.0. The van der Waals surface area contributed by atoms with Crippen molar-refractivity contribution in [1.82, 2.24) is 0 Å². The van der Waals surface area contributed by atoms with Gasteiger partial charge in [0.05, 0.1) is 11.7 Å². The molecule has 2 aliphatic heterocycles. The monoisotopic (exact) mass is 426 g/mol. The van der Waals surface area contributed by atoms with Crippen LogP contribution in [0.15, 0.2) is 0 Å². The molecule has 2 fully saturated rings. The molecule has 1 N–H and O–H groups in total. The van der Waals surface area contributed by atoms with E-state index in [0.29, 0.717) is 19.3 Å². The minimum absolute atomic E-state index is 0.168. The van der Waals surface area contributed by atoms with Gasteiger partial charge in [-0.2, -0.15) is 0 Å². The first-order valence-corrected chi connectivity index (χ1v) is 11.1. The number of hydrogen-bond donors (Lipinski definition) is 1. The average Bonchev–Trinajstić information content (AvgIpc) is 2.97. The topological polar surface area (TPSA) is 99.1 Å². The van der Waals surface area contributed by atoms with Crippen LogP contribution in [0.4, 0.5) is 0 Å². The third-order valence-corrected chi connectivity index (χ3v) is 6.80. The maximum atomic E-state index is 13.0. The van der Waals surface area contributed by atoms with Gasteiger partial charge in [0.1, 0.15) is 30.0 Å². The zero-order chi connectivity index (χ0) is 22.9. The first kappa shape index (κ1) is 24.8. The van der Waals surface area contributed by atoms with Crippen LogP contribution in [0, 0.1) is 23.7 Å². The van der Waals surface area contributed by atoms with E-state index in [2.05, 4.69) is 6.92 Å². The van der Waals surface area contributed by atoms with E-state index >= 15 is 0 Å².